The predicted octanol–water partition coefficient (Wildman–Crippen LogP) is 3.70. The molecule has 0 spiro atoms. The summed E-state index contributed by atoms with van der Waals surface area (Å²) in [7, 11) is 0. The molecule has 2 rings (SSSR count). The van der Waals surface area contributed by atoms with Crippen LogP contribution < -0.4 is 5.43 Å². The van der Waals surface area contributed by atoms with E-state index in [1.54, 1.807) is 28.9 Å². The summed E-state index contributed by atoms with van der Waals surface area (Å²) in [5.74, 6) is -0.153. The molecule has 1 amide bonds. The summed E-state index contributed by atoms with van der Waals surface area (Å²) in [5.41, 5.74) is 3.24. The highest BCUT2D eigenvalue weighted by molar-refractivity contribution is 7.13. The fourth-order valence-electron chi connectivity index (χ4n) is 1.56. The van der Waals surface area contributed by atoms with Gasteiger partial charge >= 0.3 is 0 Å². The minimum absolute atomic E-state index is 0.153. The first-order chi connectivity index (χ1) is 9.22. The zero-order valence-electron chi connectivity index (χ0n) is 11.0. The number of amides is 1. The van der Waals surface area contributed by atoms with Crippen molar-refractivity contribution in [3.63, 3.8) is 0 Å². The number of hydrazone groups is 1. The van der Waals surface area contributed by atoms with Crippen molar-refractivity contribution in [2.45, 2.75) is 26.7 Å². The third kappa shape index (κ3) is 3.75. The van der Waals surface area contributed by atoms with E-state index in [1.807, 2.05) is 17.5 Å². The Bertz CT molecular complexity index is 584. The molecule has 5 heteroatoms. The lowest BCUT2D eigenvalue weighted by atomic mass is 10.3. The molecule has 0 saturated heterocycles. The van der Waals surface area contributed by atoms with Crippen molar-refractivity contribution in [3.8, 4) is 0 Å². The Morgan fingerprint density at radius 2 is 2.11 bits per heavy atom. The lowest BCUT2D eigenvalue weighted by Crippen LogP contribution is -2.16. The fourth-order valence-corrected chi connectivity index (χ4v) is 3.20. The van der Waals surface area contributed by atoms with E-state index >= 15 is 0 Å². The van der Waals surface area contributed by atoms with Crippen LogP contribution >= 0.6 is 22.7 Å². The van der Waals surface area contributed by atoms with Crippen LogP contribution in [0.25, 0.3) is 0 Å². The average Bonchev–Trinajstić information content (AvgIpc) is 3.07. The lowest BCUT2D eigenvalue weighted by Gasteiger charge is -1.94. The molecule has 19 heavy (non-hydrogen) atoms. The molecule has 0 radical (unpaired) electrons. The molecule has 2 aromatic heterocycles. The average molecular weight is 292 g/mol. The van der Waals surface area contributed by atoms with E-state index in [0.717, 1.165) is 17.7 Å². The summed E-state index contributed by atoms with van der Waals surface area (Å²) in [6.45, 7) is 4.20. The number of carbonyl (C=O) groups excluding carboxylic acids is 1. The minimum Gasteiger partial charge on any atom is -0.267 e. The van der Waals surface area contributed by atoms with Crippen molar-refractivity contribution in [3.05, 3.63) is 43.8 Å². The van der Waals surface area contributed by atoms with Gasteiger partial charge in [-0.2, -0.15) is 5.10 Å². The van der Waals surface area contributed by atoms with Crippen molar-refractivity contribution in [1.29, 1.82) is 0 Å². The van der Waals surface area contributed by atoms with Crippen molar-refractivity contribution in [1.82, 2.24) is 5.43 Å². The van der Waals surface area contributed by atoms with Gasteiger partial charge in [-0.15, -0.1) is 22.7 Å². The fraction of sp³-hybridized carbons (Fsp3) is 0.286. The van der Waals surface area contributed by atoms with Gasteiger partial charge < -0.3 is 0 Å². The number of carbonyl (C=O) groups is 1. The Hall–Kier alpha value is -1.46. The minimum atomic E-state index is -0.153. The summed E-state index contributed by atoms with van der Waals surface area (Å²) in [6, 6.07) is 6.01. The number of nitrogens with one attached hydrogen (secondary N) is 1. The standard InChI is InChI=1S/C14H16N2OS2/c1-3-11-5-6-13(19-11)8-15-16-14(17)10-7-12(4-2)18-9-10/h5-9H,3-4H2,1-2H3,(H,16,17). The van der Waals surface area contributed by atoms with Crippen LogP contribution in [0.1, 0.15) is 38.8 Å². The van der Waals surface area contributed by atoms with E-state index < -0.39 is 0 Å². The van der Waals surface area contributed by atoms with E-state index in [4.69, 9.17) is 0 Å². The number of hydrogen-bond acceptors (Lipinski definition) is 4. The molecule has 0 saturated carbocycles. The molecule has 100 valence electrons. The molecule has 0 aliphatic carbocycles. The van der Waals surface area contributed by atoms with Crippen LogP contribution in [0.4, 0.5) is 0 Å². The van der Waals surface area contributed by atoms with Crippen LogP contribution in [0.2, 0.25) is 0 Å². The van der Waals surface area contributed by atoms with E-state index in [-0.39, 0.29) is 5.91 Å². The monoisotopic (exact) mass is 292 g/mol. The first kappa shape index (κ1) is 14.0. The van der Waals surface area contributed by atoms with E-state index in [0.29, 0.717) is 5.56 Å². The summed E-state index contributed by atoms with van der Waals surface area (Å²) < 4.78 is 0. The van der Waals surface area contributed by atoms with Crippen molar-refractivity contribution in [2.24, 2.45) is 5.10 Å². The smallest absolute Gasteiger partial charge is 0.267 e. The van der Waals surface area contributed by atoms with Crippen LogP contribution in [0.5, 0.6) is 0 Å². The Labute approximate surface area is 121 Å². The molecular weight excluding hydrogens is 276 g/mol. The molecule has 3 nitrogen and oxygen atoms in total. The molecule has 0 atom stereocenters. The van der Waals surface area contributed by atoms with Gasteiger partial charge in [0.2, 0.25) is 0 Å². The summed E-state index contributed by atoms with van der Waals surface area (Å²) in [4.78, 5) is 15.4. The number of aryl methyl sites for hydroxylation is 2. The molecule has 0 aliphatic rings. The Morgan fingerprint density at radius 3 is 2.74 bits per heavy atom. The normalized spacial score (nSPS) is 11.1. The summed E-state index contributed by atoms with van der Waals surface area (Å²) in [5, 5.41) is 5.86. The van der Waals surface area contributed by atoms with Gasteiger partial charge in [-0.3, -0.25) is 4.79 Å². The zero-order chi connectivity index (χ0) is 13.7. The largest absolute Gasteiger partial charge is 0.272 e. The molecule has 0 aliphatic heterocycles. The maximum atomic E-state index is 11.8. The topological polar surface area (TPSA) is 41.5 Å². The maximum absolute atomic E-state index is 11.8. The second kappa shape index (κ2) is 6.63. The zero-order valence-corrected chi connectivity index (χ0v) is 12.6. The first-order valence-electron chi connectivity index (χ1n) is 6.22. The van der Waals surface area contributed by atoms with Gasteiger partial charge in [-0.1, -0.05) is 13.8 Å². The third-order valence-corrected chi connectivity index (χ3v) is 4.90. The van der Waals surface area contributed by atoms with Crippen LogP contribution in [-0.4, -0.2) is 12.1 Å². The molecule has 0 bridgehead atoms. The molecule has 2 aromatic rings. The highest BCUT2D eigenvalue weighted by Gasteiger charge is 2.06. The van der Waals surface area contributed by atoms with Crippen molar-refractivity contribution >= 4 is 34.8 Å². The predicted molar refractivity (Wildman–Crippen MR) is 82.5 cm³/mol. The van der Waals surface area contributed by atoms with E-state index in [1.165, 1.54) is 9.75 Å². The Kier molecular flexibility index (Phi) is 4.87. The van der Waals surface area contributed by atoms with Crippen molar-refractivity contribution < 1.29 is 4.79 Å². The van der Waals surface area contributed by atoms with Gasteiger partial charge in [0.15, 0.2) is 0 Å². The second-order valence-corrected chi connectivity index (χ2v) is 6.21. The van der Waals surface area contributed by atoms with Gasteiger partial charge in [0.1, 0.15) is 0 Å². The highest BCUT2D eigenvalue weighted by Crippen LogP contribution is 2.16. The van der Waals surface area contributed by atoms with Crippen LogP contribution in [-0.2, 0) is 12.8 Å². The van der Waals surface area contributed by atoms with E-state index in [9.17, 15) is 4.79 Å². The molecular formula is C14H16N2OS2. The maximum Gasteiger partial charge on any atom is 0.272 e. The summed E-state index contributed by atoms with van der Waals surface area (Å²) >= 11 is 3.29. The van der Waals surface area contributed by atoms with Gasteiger partial charge in [0.25, 0.3) is 5.91 Å². The number of nitrogens with zero attached hydrogens (tertiary/aromatic N) is 1. The molecule has 1 N–H and O–H groups in total. The van der Waals surface area contributed by atoms with Gasteiger partial charge in [0, 0.05) is 20.0 Å². The Balaban J connectivity index is 1.92. The van der Waals surface area contributed by atoms with Crippen LogP contribution in [0.15, 0.2) is 28.7 Å². The first-order valence-corrected chi connectivity index (χ1v) is 7.92. The second-order valence-electron chi connectivity index (χ2n) is 4.01. The van der Waals surface area contributed by atoms with E-state index in [2.05, 4.69) is 30.4 Å². The van der Waals surface area contributed by atoms with Gasteiger partial charge in [-0.05, 0) is 31.0 Å². The van der Waals surface area contributed by atoms with Gasteiger partial charge in [0.05, 0.1) is 11.8 Å². The molecule has 0 unspecified atom stereocenters. The summed E-state index contributed by atoms with van der Waals surface area (Å²) in [6.07, 6.45) is 3.67. The molecule has 0 aromatic carbocycles. The number of hydrogen-bond donors (Lipinski definition) is 1. The highest BCUT2D eigenvalue weighted by atomic mass is 32.1. The quantitative estimate of drug-likeness (QED) is 0.662. The van der Waals surface area contributed by atoms with Crippen LogP contribution in [0.3, 0.4) is 0 Å². The SMILES string of the molecule is CCc1cc(C(=O)NN=Cc2ccc(CC)s2)cs1. The molecule has 2 heterocycles. The van der Waals surface area contributed by atoms with Crippen molar-refractivity contribution in [2.75, 3.05) is 0 Å². The molecule has 0 fully saturated rings. The number of thiophene rings is 2. The third-order valence-electron chi connectivity index (χ3n) is 2.65. The Morgan fingerprint density at radius 1 is 1.32 bits per heavy atom. The number of rotatable bonds is 5. The van der Waals surface area contributed by atoms with Crippen LogP contribution in [0, 0.1) is 0 Å². The lowest BCUT2D eigenvalue weighted by molar-refractivity contribution is 0.0955. The van der Waals surface area contributed by atoms with Gasteiger partial charge in [-0.25, -0.2) is 5.43 Å².